The Hall–Kier alpha value is -1.21. The minimum Gasteiger partial charge on any atom is -0.269 e. The van der Waals surface area contributed by atoms with E-state index in [-0.39, 0.29) is 16.4 Å². The van der Waals surface area contributed by atoms with Gasteiger partial charge in [0.15, 0.2) is 0 Å². The van der Waals surface area contributed by atoms with Gasteiger partial charge in [0, 0.05) is 11.5 Å². The number of carbonyl (C=O) groups is 1. The molecule has 2 rings (SSSR count). The molecule has 0 saturated heterocycles. The van der Waals surface area contributed by atoms with Crippen molar-refractivity contribution in [2.24, 2.45) is 11.8 Å². The van der Waals surface area contributed by atoms with E-state index in [4.69, 9.17) is 0 Å². The average molecular weight is 287 g/mol. The lowest BCUT2D eigenvalue weighted by molar-refractivity contribution is -0.116. The smallest absolute Gasteiger partial charge is 0.264 e. The minimum atomic E-state index is -3.75. The van der Waals surface area contributed by atoms with E-state index >= 15 is 0 Å². The number of rotatable bonds is 1. The second-order valence-electron chi connectivity index (χ2n) is 4.71. The van der Waals surface area contributed by atoms with Crippen LogP contribution in [0.3, 0.4) is 0 Å². The van der Waals surface area contributed by atoms with Gasteiger partial charge in [-0.1, -0.05) is 13.8 Å². The summed E-state index contributed by atoms with van der Waals surface area (Å²) in [5, 5.41) is 0. The maximum atomic E-state index is 11.8. The number of carbonyl (C=O) groups excluding carboxylic acids is 1. The van der Waals surface area contributed by atoms with Gasteiger partial charge in [-0.05, 0) is 24.5 Å². The predicted octanol–water partition coefficient (Wildman–Crippen LogP) is 0.318. The highest BCUT2D eigenvalue weighted by molar-refractivity contribution is 7.94. The number of sulfonamides is 1. The molecule has 1 N–H and O–H groups in total. The Morgan fingerprint density at radius 3 is 2.50 bits per heavy atom. The molecule has 0 aromatic carbocycles. The van der Waals surface area contributed by atoms with Crippen LogP contribution in [0.1, 0.15) is 20.8 Å². The van der Waals surface area contributed by atoms with Gasteiger partial charge in [-0.25, -0.2) is 17.3 Å². The first-order valence-electron chi connectivity index (χ1n) is 5.46. The molecule has 0 saturated carbocycles. The fraction of sp³-hybridized carbons (Fsp3) is 0.455. The van der Waals surface area contributed by atoms with Crippen LogP contribution in [0.4, 0.5) is 0 Å². The molecule has 0 fully saturated rings. The maximum Gasteiger partial charge on any atom is 0.264 e. The summed E-state index contributed by atoms with van der Waals surface area (Å²) in [6.07, 6.45) is 1.40. The summed E-state index contributed by atoms with van der Waals surface area (Å²) in [6.45, 7) is 5.42. The number of hydrogen-bond acceptors (Lipinski definition) is 4. The molecule has 2 aliphatic rings. The molecular formula is C11H13NO4S2. The lowest BCUT2D eigenvalue weighted by Crippen LogP contribution is -2.31. The van der Waals surface area contributed by atoms with Crippen LogP contribution < -0.4 is 4.72 Å². The van der Waals surface area contributed by atoms with E-state index in [2.05, 4.69) is 0 Å². The Kier molecular flexibility index (Phi) is 3.06. The number of hydrogen-bond donors (Lipinski definition) is 1. The van der Waals surface area contributed by atoms with Gasteiger partial charge in [-0.2, -0.15) is 0 Å². The zero-order chi connectivity index (χ0) is 13.7. The molecule has 1 amide bonds. The van der Waals surface area contributed by atoms with Gasteiger partial charge < -0.3 is 0 Å². The molecule has 7 heteroatoms. The molecule has 18 heavy (non-hydrogen) atoms. The van der Waals surface area contributed by atoms with Crippen LogP contribution in [0.5, 0.6) is 0 Å². The Morgan fingerprint density at radius 2 is 2.00 bits per heavy atom. The topological polar surface area (TPSA) is 80.3 Å². The summed E-state index contributed by atoms with van der Waals surface area (Å²) in [4.78, 5) is 12.3. The van der Waals surface area contributed by atoms with Gasteiger partial charge in [0.2, 0.25) is 0 Å². The summed E-state index contributed by atoms with van der Waals surface area (Å²) in [6, 6.07) is 0. The monoisotopic (exact) mass is 287 g/mol. The highest BCUT2D eigenvalue weighted by Gasteiger charge is 2.44. The fourth-order valence-corrected chi connectivity index (χ4v) is 4.33. The first kappa shape index (κ1) is 13.2. The quantitative estimate of drug-likeness (QED) is 0.704. The first-order chi connectivity index (χ1) is 8.29. The van der Waals surface area contributed by atoms with E-state index in [9.17, 15) is 17.4 Å². The van der Waals surface area contributed by atoms with Crippen molar-refractivity contribution in [3.63, 3.8) is 0 Å². The zero-order valence-corrected chi connectivity index (χ0v) is 11.8. The van der Waals surface area contributed by atoms with E-state index in [1.54, 1.807) is 6.92 Å². The molecule has 0 radical (unpaired) electrons. The third-order valence-electron chi connectivity index (χ3n) is 3.11. The SMILES string of the molecule is CC1=CC2=C(C(=O)NS2(=O)=O)C(C(C)C)C1=S=O. The van der Waals surface area contributed by atoms with E-state index in [1.165, 1.54) is 6.08 Å². The van der Waals surface area contributed by atoms with Crippen LogP contribution in [-0.2, 0) is 26.1 Å². The third kappa shape index (κ3) is 1.78. The molecule has 1 aliphatic carbocycles. The Morgan fingerprint density at radius 1 is 1.39 bits per heavy atom. The Labute approximate surface area is 109 Å². The van der Waals surface area contributed by atoms with E-state index < -0.39 is 21.8 Å². The van der Waals surface area contributed by atoms with E-state index in [1.807, 2.05) is 18.6 Å². The van der Waals surface area contributed by atoms with E-state index in [0.717, 1.165) is 0 Å². The van der Waals surface area contributed by atoms with Crippen molar-refractivity contribution in [1.82, 2.24) is 4.72 Å². The molecule has 1 aliphatic heterocycles. The lowest BCUT2D eigenvalue weighted by Gasteiger charge is -2.25. The second kappa shape index (κ2) is 4.17. The summed E-state index contributed by atoms with van der Waals surface area (Å²) in [7, 11) is -3.75. The molecule has 0 aromatic heterocycles. The highest BCUT2D eigenvalue weighted by Crippen LogP contribution is 2.37. The minimum absolute atomic E-state index is 0.0153. The van der Waals surface area contributed by atoms with Crippen LogP contribution >= 0.6 is 0 Å². The van der Waals surface area contributed by atoms with Crippen molar-refractivity contribution in [1.29, 1.82) is 0 Å². The molecule has 0 spiro atoms. The lowest BCUT2D eigenvalue weighted by atomic mass is 9.79. The number of allylic oxidation sites excluding steroid dienone is 2. The highest BCUT2D eigenvalue weighted by atomic mass is 32.2. The van der Waals surface area contributed by atoms with Gasteiger partial charge in [-0.3, -0.25) is 4.79 Å². The van der Waals surface area contributed by atoms with Crippen molar-refractivity contribution in [2.75, 3.05) is 0 Å². The van der Waals surface area contributed by atoms with Gasteiger partial charge in [0.1, 0.15) is 0 Å². The van der Waals surface area contributed by atoms with Crippen molar-refractivity contribution in [3.05, 3.63) is 22.1 Å². The summed E-state index contributed by atoms with van der Waals surface area (Å²) < 4.78 is 36.8. The van der Waals surface area contributed by atoms with Crippen LogP contribution in [0, 0.1) is 11.8 Å². The Bertz CT molecular complexity index is 649. The molecule has 1 heterocycles. The Balaban J connectivity index is 2.78. The zero-order valence-electron chi connectivity index (χ0n) is 10.2. The van der Waals surface area contributed by atoms with Crippen LogP contribution in [0.2, 0.25) is 0 Å². The van der Waals surface area contributed by atoms with E-state index in [0.29, 0.717) is 21.7 Å². The molecule has 0 bridgehead atoms. The van der Waals surface area contributed by atoms with Crippen LogP contribution in [0.15, 0.2) is 22.1 Å². The number of nitrogens with one attached hydrogen (secondary N) is 1. The van der Waals surface area contributed by atoms with Gasteiger partial charge >= 0.3 is 0 Å². The van der Waals surface area contributed by atoms with Gasteiger partial charge in [-0.15, -0.1) is 0 Å². The molecule has 1 atom stereocenters. The van der Waals surface area contributed by atoms with Crippen LogP contribution in [0.25, 0.3) is 0 Å². The summed E-state index contributed by atoms with van der Waals surface area (Å²) in [5.41, 5.74) is 0.821. The standard InChI is InChI=1S/C11H13NO4S2/c1-5(2)8-9-7(4-6(3)10(8)17-14)18(15,16)12-11(9)13/h4-5,8H,1-3H3,(H,12,13). The fourth-order valence-electron chi connectivity index (χ4n) is 2.34. The maximum absolute atomic E-state index is 11.8. The number of amides is 1. The summed E-state index contributed by atoms with van der Waals surface area (Å²) >= 11 is 0.331. The van der Waals surface area contributed by atoms with Crippen molar-refractivity contribution < 1.29 is 17.4 Å². The third-order valence-corrected chi connectivity index (χ3v) is 5.24. The summed E-state index contributed by atoms with van der Waals surface area (Å²) in [5.74, 6) is -1.07. The molecule has 98 valence electrons. The average Bonchev–Trinajstić information content (AvgIpc) is 2.47. The molecule has 5 nitrogen and oxygen atoms in total. The predicted molar refractivity (Wildman–Crippen MR) is 69.3 cm³/mol. The van der Waals surface area contributed by atoms with Crippen molar-refractivity contribution in [3.8, 4) is 0 Å². The first-order valence-corrected chi connectivity index (χ1v) is 7.68. The molecule has 0 aromatic rings. The van der Waals surface area contributed by atoms with Gasteiger partial charge in [0.25, 0.3) is 15.9 Å². The molecular weight excluding hydrogens is 274 g/mol. The normalized spacial score (nSPS) is 26.0. The van der Waals surface area contributed by atoms with Crippen LogP contribution in [-0.4, -0.2) is 23.4 Å². The largest absolute Gasteiger partial charge is 0.269 e. The molecule has 1 unspecified atom stereocenters. The van der Waals surface area contributed by atoms with Crippen molar-refractivity contribution in [2.45, 2.75) is 20.8 Å². The second-order valence-corrected chi connectivity index (χ2v) is 6.97. The van der Waals surface area contributed by atoms with Crippen molar-refractivity contribution >= 4 is 32.1 Å². The van der Waals surface area contributed by atoms with Gasteiger partial charge in [0.05, 0.1) is 21.0 Å².